The SMILES string of the molecule is CCNc1nc(NCC(=O)NC(C)C)c2cn[nH]c2n1. The maximum Gasteiger partial charge on any atom is 0.239 e. The summed E-state index contributed by atoms with van der Waals surface area (Å²) in [6.45, 7) is 6.66. The minimum absolute atomic E-state index is 0.0831. The molecule has 1 amide bonds. The van der Waals surface area contributed by atoms with Crippen molar-refractivity contribution >= 4 is 28.7 Å². The molecule has 0 saturated carbocycles. The van der Waals surface area contributed by atoms with Crippen molar-refractivity contribution in [3.63, 3.8) is 0 Å². The summed E-state index contributed by atoms with van der Waals surface area (Å²) in [6.07, 6.45) is 1.63. The first-order valence-corrected chi connectivity index (χ1v) is 6.58. The molecule has 0 aliphatic carbocycles. The van der Waals surface area contributed by atoms with E-state index in [-0.39, 0.29) is 18.5 Å². The Morgan fingerprint density at radius 2 is 2.15 bits per heavy atom. The monoisotopic (exact) mass is 277 g/mol. The summed E-state index contributed by atoms with van der Waals surface area (Å²) >= 11 is 0. The van der Waals surface area contributed by atoms with Gasteiger partial charge in [-0.3, -0.25) is 9.89 Å². The van der Waals surface area contributed by atoms with Crippen molar-refractivity contribution in [3.05, 3.63) is 6.20 Å². The van der Waals surface area contributed by atoms with Crippen LogP contribution in [-0.4, -0.2) is 45.2 Å². The zero-order valence-electron chi connectivity index (χ0n) is 11.8. The lowest BCUT2D eigenvalue weighted by atomic mass is 10.3. The Hall–Kier alpha value is -2.38. The molecule has 0 atom stereocenters. The van der Waals surface area contributed by atoms with E-state index < -0.39 is 0 Å². The van der Waals surface area contributed by atoms with Crippen LogP contribution in [0.5, 0.6) is 0 Å². The van der Waals surface area contributed by atoms with Gasteiger partial charge in [0.1, 0.15) is 5.82 Å². The van der Waals surface area contributed by atoms with Crippen LogP contribution in [0.3, 0.4) is 0 Å². The fraction of sp³-hybridized carbons (Fsp3) is 0.500. The molecule has 0 fully saturated rings. The molecule has 4 N–H and O–H groups in total. The molecule has 0 radical (unpaired) electrons. The molecule has 0 aliphatic rings. The zero-order chi connectivity index (χ0) is 14.5. The summed E-state index contributed by atoms with van der Waals surface area (Å²) in [6, 6.07) is 0.112. The average Bonchev–Trinajstić information content (AvgIpc) is 2.83. The van der Waals surface area contributed by atoms with Gasteiger partial charge in [0.05, 0.1) is 18.1 Å². The summed E-state index contributed by atoms with van der Waals surface area (Å²) in [4.78, 5) is 20.3. The van der Waals surface area contributed by atoms with E-state index in [4.69, 9.17) is 0 Å². The first-order valence-electron chi connectivity index (χ1n) is 6.58. The summed E-state index contributed by atoms with van der Waals surface area (Å²) < 4.78 is 0. The van der Waals surface area contributed by atoms with Crippen molar-refractivity contribution in [1.82, 2.24) is 25.5 Å². The molecule has 2 aromatic rings. The predicted octanol–water partition coefficient (Wildman–Crippen LogP) is 0.721. The Balaban J connectivity index is 2.15. The zero-order valence-corrected chi connectivity index (χ0v) is 11.8. The third-order valence-corrected chi connectivity index (χ3v) is 2.51. The van der Waals surface area contributed by atoms with E-state index in [9.17, 15) is 4.79 Å². The minimum atomic E-state index is -0.0831. The number of fused-ring (bicyclic) bond motifs is 1. The Kier molecular flexibility index (Phi) is 4.34. The third kappa shape index (κ3) is 3.34. The predicted molar refractivity (Wildman–Crippen MR) is 77.6 cm³/mol. The number of hydrogen-bond acceptors (Lipinski definition) is 6. The Morgan fingerprint density at radius 1 is 1.35 bits per heavy atom. The number of aromatic nitrogens is 4. The number of amides is 1. The lowest BCUT2D eigenvalue weighted by Gasteiger charge is -2.11. The van der Waals surface area contributed by atoms with E-state index in [1.165, 1.54) is 0 Å². The van der Waals surface area contributed by atoms with E-state index in [0.29, 0.717) is 24.0 Å². The number of nitrogens with one attached hydrogen (secondary N) is 4. The molecule has 0 aromatic carbocycles. The number of H-pyrrole nitrogens is 1. The number of hydrogen-bond donors (Lipinski definition) is 4. The topological polar surface area (TPSA) is 108 Å². The van der Waals surface area contributed by atoms with Crippen LogP contribution in [0, 0.1) is 0 Å². The van der Waals surface area contributed by atoms with Crippen LogP contribution in [0.4, 0.5) is 11.8 Å². The van der Waals surface area contributed by atoms with Crippen molar-refractivity contribution in [2.75, 3.05) is 23.7 Å². The molecule has 2 rings (SSSR count). The second-order valence-corrected chi connectivity index (χ2v) is 4.63. The molecule has 8 heteroatoms. The fourth-order valence-electron chi connectivity index (χ4n) is 1.74. The molecule has 0 bridgehead atoms. The van der Waals surface area contributed by atoms with Crippen molar-refractivity contribution in [2.24, 2.45) is 0 Å². The van der Waals surface area contributed by atoms with Crippen molar-refractivity contribution in [3.8, 4) is 0 Å². The highest BCUT2D eigenvalue weighted by atomic mass is 16.1. The van der Waals surface area contributed by atoms with E-state index in [1.54, 1.807) is 6.20 Å². The Labute approximate surface area is 116 Å². The number of rotatable bonds is 6. The standard InChI is InChI=1S/C12H19N7O/c1-4-13-12-17-10(8-5-15-19-11(8)18-12)14-6-9(20)16-7(2)3/h5,7H,4,6H2,1-3H3,(H,16,20)(H3,13,14,15,17,18,19). The van der Waals surface area contributed by atoms with Gasteiger partial charge in [-0.1, -0.05) is 0 Å². The number of aromatic amines is 1. The van der Waals surface area contributed by atoms with Crippen LogP contribution in [0.1, 0.15) is 20.8 Å². The van der Waals surface area contributed by atoms with Gasteiger partial charge < -0.3 is 16.0 Å². The number of carbonyl (C=O) groups is 1. The molecule has 0 spiro atoms. The van der Waals surface area contributed by atoms with Gasteiger partial charge in [0.2, 0.25) is 11.9 Å². The fourth-order valence-corrected chi connectivity index (χ4v) is 1.74. The molecule has 108 valence electrons. The van der Waals surface area contributed by atoms with Crippen molar-refractivity contribution in [1.29, 1.82) is 0 Å². The van der Waals surface area contributed by atoms with Gasteiger partial charge in [0.25, 0.3) is 0 Å². The van der Waals surface area contributed by atoms with E-state index >= 15 is 0 Å². The normalized spacial score (nSPS) is 10.8. The van der Waals surface area contributed by atoms with Gasteiger partial charge in [0, 0.05) is 12.6 Å². The van der Waals surface area contributed by atoms with Crippen LogP contribution in [-0.2, 0) is 4.79 Å². The number of carbonyl (C=O) groups excluding carboxylic acids is 1. The molecule has 20 heavy (non-hydrogen) atoms. The number of nitrogens with zero attached hydrogens (tertiary/aromatic N) is 3. The minimum Gasteiger partial charge on any atom is -0.360 e. The second kappa shape index (κ2) is 6.18. The molecule has 0 aliphatic heterocycles. The Morgan fingerprint density at radius 3 is 2.85 bits per heavy atom. The van der Waals surface area contributed by atoms with E-state index in [0.717, 1.165) is 5.39 Å². The molecule has 2 heterocycles. The number of anilines is 2. The van der Waals surface area contributed by atoms with Gasteiger partial charge >= 0.3 is 0 Å². The Bertz CT molecular complexity index is 593. The average molecular weight is 277 g/mol. The molecule has 2 aromatic heterocycles. The second-order valence-electron chi connectivity index (χ2n) is 4.63. The maximum atomic E-state index is 11.7. The third-order valence-electron chi connectivity index (χ3n) is 2.51. The summed E-state index contributed by atoms with van der Waals surface area (Å²) in [5, 5.41) is 16.4. The molecular formula is C12H19N7O. The highest BCUT2D eigenvalue weighted by molar-refractivity contribution is 5.89. The van der Waals surface area contributed by atoms with Crippen molar-refractivity contribution in [2.45, 2.75) is 26.8 Å². The smallest absolute Gasteiger partial charge is 0.239 e. The van der Waals surface area contributed by atoms with Gasteiger partial charge in [-0.2, -0.15) is 15.1 Å². The van der Waals surface area contributed by atoms with Gasteiger partial charge in [-0.05, 0) is 20.8 Å². The van der Waals surface area contributed by atoms with Gasteiger partial charge in [-0.15, -0.1) is 0 Å². The van der Waals surface area contributed by atoms with Crippen LogP contribution in [0.2, 0.25) is 0 Å². The van der Waals surface area contributed by atoms with Crippen LogP contribution >= 0.6 is 0 Å². The molecule has 0 saturated heterocycles. The van der Waals surface area contributed by atoms with Crippen LogP contribution in [0.15, 0.2) is 6.20 Å². The molecule has 8 nitrogen and oxygen atoms in total. The lowest BCUT2D eigenvalue weighted by molar-refractivity contribution is -0.119. The van der Waals surface area contributed by atoms with Crippen molar-refractivity contribution < 1.29 is 4.79 Å². The highest BCUT2D eigenvalue weighted by Crippen LogP contribution is 2.19. The quantitative estimate of drug-likeness (QED) is 0.620. The summed E-state index contributed by atoms with van der Waals surface area (Å²) in [5.41, 5.74) is 0.628. The van der Waals surface area contributed by atoms with Gasteiger partial charge in [0.15, 0.2) is 5.65 Å². The summed E-state index contributed by atoms with van der Waals surface area (Å²) in [7, 11) is 0. The first kappa shape index (κ1) is 14.0. The largest absolute Gasteiger partial charge is 0.360 e. The molecule has 0 unspecified atom stereocenters. The first-order chi connectivity index (χ1) is 9.60. The van der Waals surface area contributed by atoms with Crippen LogP contribution in [0.25, 0.3) is 11.0 Å². The van der Waals surface area contributed by atoms with E-state index in [2.05, 4.69) is 36.1 Å². The summed E-state index contributed by atoms with van der Waals surface area (Å²) in [5.74, 6) is 0.995. The molecular weight excluding hydrogens is 258 g/mol. The van der Waals surface area contributed by atoms with Crippen LogP contribution < -0.4 is 16.0 Å². The van der Waals surface area contributed by atoms with Gasteiger partial charge in [-0.25, -0.2) is 0 Å². The lowest BCUT2D eigenvalue weighted by Crippen LogP contribution is -2.35. The van der Waals surface area contributed by atoms with E-state index in [1.807, 2.05) is 20.8 Å². The maximum absolute atomic E-state index is 11.7. The highest BCUT2D eigenvalue weighted by Gasteiger charge is 2.10.